The summed E-state index contributed by atoms with van der Waals surface area (Å²) < 4.78 is 8.60. The Balaban J connectivity index is 0.00000131. The van der Waals surface area contributed by atoms with Gasteiger partial charge < -0.3 is 10.1 Å². The van der Waals surface area contributed by atoms with Gasteiger partial charge in [0.25, 0.3) is 0 Å². The molecule has 0 unspecified atom stereocenters. The number of halogens is 4. The lowest BCUT2D eigenvalue weighted by molar-refractivity contribution is -0.0188. The zero-order chi connectivity index (χ0) is 17.2. The second kappa shape index (κ2) is 10.6. The van der Waals surface area contributed by atoms with Gasteiger partial charge >= 0.3 is 0 Å². The Morgan fingerprint density at radius 1 is 1.00 bits per heavy atom. The van der Waals surface area contributed by atoms with Crippen LogP contribution in [0.25, 0.3) is 0 Å². The molecule has 3 nitrogen and oxygen atoms in total. The first-order valence-corrected chi connectivity index (χ1v) is 10.4. The van der Waals surface area contributed by atoms with E-state index >= 15 is 0 Å². The van der Waals surface area contributed by atoms with E-state index < -0.39 is 0 Å². The highest BCUT2D eigenvalue weighted by Gasteiger charge is 2.37. The molecule has 0 saturated carbocycles. The van der Waals surface area contributed by atoms with Crippen molar-refractivity contribution in [3.05, 3.63) is 68.1 Å². The first-order valence-electron chi connectivity index (χ1n) is 8.80. The quantitative estimate of drug-likeness (QED) is 0.583. The molecule has 1 saturated heterocycles. The Labute approximate surface area is 190 Å². The predicted molar refractivity (Wildman–Crippen MR) is 122 cm³/mol. The summed E-state index contributed by atoms with van der Waals surface area (Å²) in [5.74, 6) is 0. The average Bonchev–Trinajstić information content (AvgIpc) is 2.98. The first kappa shape index (κ1) is 23.1. The fraction of sp³-hybridized carbons (Fsp3) is 0.400. The second-order valence-electron chi connectivity index (χ2n) is 6.76. The van der Waals surface area contributed by atoms with Crippen LogP contribution in [0.5, 0.6) is 0 Å². The SMILES string of the molecule is Brc1cc(Br)cc(CO[C@H]2Cc3ccccc3[C@H]2N2CCNCC2)c1.Cl.Cl. The average molecular weight is 539 g/mol. The van der Waals surface area contributed by atoms with E-state index in [1.165, 1.54) is 16.7 Å². The second-order valence-corrected chi connectivity index (χ2v) is 8.59. The summed E-state index contributed by atoms with van der Waals surface area (Å²) in [6, 6.07) is 15.5. The lowest BCUT2D eigenvalue weighted by Crippen LogP contribution is -2.47. The molecule has 2 atom stereocenters. The molecular weight excluding hydrogens is 515 g/mol. The van der Waals surface area contributed by atoms with E-state index in [-0.39, 0.29) is 30.9 Å². The zero-order valence-corrected chi connectivity index (χ0v) is 19.7. The van der Waals surface area contributed by atoms with E-state index in [1.807, 2.05) is 0 Å². The lowest BCUT2D eigenvalue weighted by atomic mass is 10.1. The molecule has 0 amide bonds. The van der Waals surface area contributed by atoms with Gasteiger partial charge in [-0.05, 0) is 34.9 Å². The van der Waals surface area contributed by atoms with Gasteiger partial charge in [-0.2, -0.15) is 0 Å². The Bertz CT molecular complexity index is 736. The number of hydrogen-bond acceptors (Lipinski definition) is 3. The van der Waals surface area contributed by atoms with Crippen molar-refractivity contribution >= 4 is 56.7 Å². The monoisotopic (exact) mass is 536 g/mol. The summed E-state index contributed by atoms with van der Waals surface area (Å²) in [5, 5.41) is 3.45. The molecule has 2 aromatic rings. The van der Waals surface area contributed by atoms with Crippen molar-refractivity contribution in [3.8, 4) is 0 Å². The third kappa shape index (κ3) is 5.47. The Kier molecular flexibility index (Phi) is 9.07. The molecule has 1 heterocycles. The highest BCUT2D eigenvalue weighted by molar-refractivity contribution is 9.11. The van der Waals surface area contributed by atoms with E-state index in [4.69, 9.17) is 4.74 Å². The highest BCUT2D eigenvalue weighted by atomic mass is 79.9. The van der Waals surface area contributed by atoms with Gasteiger partial charge in [0.2, 0.25) is 0 Å². The van der Waals surface area contributed by atoms with Crippen LogP contribution in [0.2, 0.25) is 0 Å². The van der Waals surface area contributed by atoms with Crippen molar-refractivity contribution in [2.24, 2.45) is 0 Å². The Morgan fingerprint density at radius 3 is 2.37 bits per heavy atom. The Morgan fingerprint density at radius 2 is 1.67 bits per heavy atom. The molecule has 1 fully saturated rings. The maximum Gasteiger partial charge on any atom is 0.0816 e. The fourth-order valence-electron chi connectivity index (χ4n) is 3.98. The van der Waals surface area contributed by atoms with Crippen LogP contribution in [0.1, 0.15) is 22.7 Å². The van der Waals surface area contributed by atoms with Crippen molar-refractivity contribution in [3.63, 3.8) is 0 Å². The number of nitrogens with zero attached hydrogens (tertiary/aromatic N) is 1. The zero-order valence-electron chi connectivity index (χ0n) is 14.9. The van der Waals surface area contributed by atoms with Gasteiger partial charge in [0.1, 0.15) is 0 Å². The van der Waals surface area contributed by atoms with Crippen LogP contribution in [0.4, 0.5) is 0 Å². The van der Waals surface area contributed by atoms with Gasteiger partial charge in [-0.15, -0.1) is 24.8 Å². The molecule has 0 radical (unpaired) electrons. The molecule has 4 rings (SSSR count). The van der Waals surface area contributed by atoms with Gasteiger partial charge in [0.05, 0.1) is 18.8 Å². The third-order valence-corrected chi connectivity index (χ3v) is 5.99. The smallest absolute Gasteiger partial charge is 0.0816 e. The number of piperazine rings is 1. The molecule has 2 aromatic carbocycles. The lowest BCUT2D eigenvalue weighted by Gasteiger charge is -2.36. The van der Waals surface area contributed by atoms with Crippen LogP contribution < -0.4 is 5.32 Å². The molecule has 148 valence electrons. The van der Waals surface area contributed by atoms with Crippen LogP contribution in [0.15, 0.2) is 51.4 Å². The minimum atomic E-state index is 0. The molecule has 1 N–H and O–H groups in total. The molecule has 0 aromatic heterocycles. The number of hydrogen-bond donors (Lipinski definition) is 1. The molecule has 0 bridgehead atoms. The van der Waals surface area contributed by atoms with Crippen molar-refractivity contribution in [2.75, 3.05) is 26.2 Å². The number of nitrogens with one attached hydrogen (secondary N) is 1. The minimum Gasteiger partial charge on any atom is -0.371 e. The number of rotatable bonds is 4. The van der Waals surface area contributed by atoms with Gasteiger partial charge in [0, 0.05) is 41.5 Å². The number of benzene rings is 2. The third-order valence-electron chi connectivity index (χ3n) is 5.08. The van der Waals surface area contributed by atoms with Crippen molar-refractivity contribution < 1.29 is 4.74 Å². The molecule has 2 aliphatic rings. The summed E-state index contributed by atoms with van der Waals surface area (Å²) >= 11 is 7.13. The maximum absolute atomic E-state index is 6.44. The van der Waals surface area contributed by atoms with Crippen LogP contribution in [-0.2, 0) is 17.8 Å². The van der Waals surface area contributed by atoms with Crippen LogP contribution in [0, 0.1) is 0 Å². The summed E-state index contributed by atoms with van der Waals surface area (Å²) in [4.78, 5) is 2.59. The Hall–Kier alpha value is -0.140. The first-order chi connectivity index (χ1) is 12.2. The molecule has 0 spiro atoms. The summed E-state index contributed by atoms with van der Waals surface area (Å²) in [6.07, 6.45) is 1.22. The summed E-state index contributed by atoms with van der Waals surface area (Å²) in [7, 11) is 0. The van der Waals surface area contributed by atoms with Crippen molar-refractivity contribution in [2.45, 2.75) is 25.2 Å². The van der Waals surface area contributed by atoms with E-state index in [0.717, 1.165) is 41.5 Å². The maximum atomic E-state index is 6.44. The van der Waals surface area contributed by atoms with Gasteiger partial charge in [0.15, 0.2) is 0 Å². The molecule has 7 heteroatoms. The largest absolute Gasteiger partial charge is 0.371 e. The molecule has 1 aliphatic heterocycles. The van der Waals surface area contributed by atoms with E-state index in [1.54, 1.807) is 0 Å². The minimum absolute atomic E-state index is 0. The van der Waals surface area contributed by atoms with E-state index in [9.17, 15) is 0 Å². The van der Waals surface area contributed by atoms with Crippen LogP contribution in [0.3, 0.4) is 0 Å². The topological polar surface area (TPSA) is 24.5 Å². The predicted octanol–water partition coefficient (Wildman–Crippen LogP) is 5.14. The van der Waals surface area contributed by atoms with Gasteiger partial charge in [-0.1, -0.05) is 56.1 Å². The fourth-order valence-corrected chi connectivity index (χ4v) is 5.37. The molecule has 1 aliphatic carbocycles. The normalized spacial score (nSPS) is 21.9. The number of ether oxygens (including phenoxy) is 1. The summed E-state index contributed by atoms with van der Waals surface area (Å²) in [5.41, 5.74) is 4.08. The highest BCUT2D eigenvalue weighted by Crippen LogP contribution is 2.38. The molecule has 27 heavy (non-hydrogen) atoms. The van der Waals surface area contributed by atoms with E-state index in [0.29, 0.717) is 12.6 Å². The van der Waals surface area contributed by atoms with E-state index in [2.05, 4.69) is 84.5 Å². The van der Waals surface area contributed by atoms with Crippen molar-refractivity contribution in [1.82, 2.24) is 10.2 Å². The molecular formula is C20H24Br2Cl2N2O. The van der Waals surface area contributed by atoms with Crippen LogP contribution in [-0.4, -0.2) is 37.2 Å². The summed E-state index contributed by atoms with van der Waals surface area (Å²) in [6.45, 7) is 4.93. The van der Waals surface area contributed by atoms with Gasteiger partial charge in [-0.25, -0.2) is 0 Å². The standard InChI is InChI=1S/C20H22Br2N2O.2ClH/c21-16-9-14(10-17(22)12-16)13-25-19-11-15-3-1-2-4-18(15)20(19)24-7-5-23-6-8-24;;/h1-4,9-10,12,19-20,23H,5-8,11,13H2;2*1H/t19-,20+;;/m0../s1. The number of fused-ring (bicyclic) bond motifs is 1. The van der Waals surface area contributed by atoms with Crippen molar-refractivity contribution in [1.29, 1.82) is 0 Å². The van der Waals surface area contributed by atoms with Gasteiger partial charge in [-0.3, -0.25) is 4.90 Å². The van der Waals surface area contributed by atoms with Crippen LogP contribution >= 0.6 is 56.7 Å².